The van der Waals surface area contributed by atoms with Crippen molar-refractivity contribution in [2.75, 3.05) is 83.6 Å². The van der Waals surface area contributed by atoms with Crippen molar-refractivity contribution >= 4 is 29.4 Å². The van der Waals surface area contributed by atoms with Gasteiger partial charge in [0.25, 0.3) is 17.7 Å². The molecule has 0 spiro atoms. The maximum absolute atomic E-state index is 13.8. The summed E-state index contributed by atoms with van der Waals surface area (Å²) in [5.74, 6) is 0.108. The third kappa shape index (κ3) is 13.7. The van der Waals surface area contributed by atoms with Gasteiger partial charge in [0, 0.05) is 88.3 Å². The molecule has 3 amide bonds. The molecule has 3 aliphatic rings. The van der Waals surface area contributed by atoms with E-state index in [-0.39, 0.29) is 36.5 Å². The predicted molar refractivity (Wildman–Crippen MR) is 257 cm³/mol. The van der Waals surface area contributed by atoms with E-state index >= 15 is 0 Å². The number of nitrogens with zero attached hydrogens (tertiary/aromatic N) is 7. The Bertz CT molecular complexity index is 2330. The van der Waals surface area contributed by atoms with Crippen LogP contribution in [-0.4, -0.2) is 137 Å². The van der Waals surface area contributed by atoms with Crippen molar-refractivity contribution in [3.63, 3.8) is 0 Å². The Labute approximate surface area is 391 Å². The summed E-state index contributed by atoms with van der Waals surface area (Å²) in [5, 5.41) is 13.4. The van der Waals surface area contributed by atoms with E-state index in [0.717, 1.165) is 113 Å². The minimum absolute atomic E-state index is 0.000587. The number of para-hydroxylation sites is 1. The summed E-state index contributed by atoms with van der Waals surface area (Å²) in [6.07, 6.45) is 4.89. The first-order valence-electron chi connectivity index (χ1n) is 23.3. The summed E-state index contributed by atoms with van der Waals surface area (Å²) < 4.78 is 13.4. The topological polar surface area (TPSA) is 141 Å². The van der Waals surface area contributed by atoms with Gasteiger partial charge in [-0.15, -0.1) is 0 Å². The van der Waals surface area contributed by atoms with Crippen molar-refractivity contribution in [1.29, 1.82) is 0 Å². The number of aryl methyl sites for hydroxylation is 3. The van der Waals surface area contributed by atoms with Crippen LogP contribution in [0.5, 0.6) is 11.5 Å². The van der Waals surface area contributed by atoms with Gasteiger partial charge in [0.1, 0.15) is 11.5 Å². The molecule has 0 unspecified atom stereocenters. The molecule has 14 heteroatoms. The number of anilines is 1. The smallest absolute Gasteiger partial charge is 0.335 e. The van der Waals surface area contributed by atoms with Gasteiger partial charge in [-0.2, -0.15) is 5.10 Å². The van der Waals surface area contributed by atoms with E-state index in [1.54, 1.807) is 31.2 Å². The standard InChI is InChI=1S/C32H41N5O3.C20H30N2O4/c1-23-18-25(31(39)37-21-26-20-33-34(5)28(26)19-24-8-6-7-9-27(24)37)10-11-29(23)40-22-30(38)36-16-14-35(15-17-36)13-12-32(2,3)4;1-15-13-16(19(24)25)5-6-17(15)26-14-18(23)22-11-9-21(10-12-22)8-7-20(2,3)4/h6-11,18,20H,12-17,19,21-22H2,1-5H3;5-6,13H,7-12,14H2,1-4H3,(H,24,25). The number of piperazine rings is 2. The number of fused-ring (bicyclic) bond motifs is 2. The van der Waals surface area contributed by atoms with E-state index in [2.05, 4.69) is 62.5 Å². The lowest BCUT2D eigenvalue weighted by Gasteiger charge is -2.35. The van der Waals surface area contributed by atoms with Crippen LogP contribution in [0, 0.1) is 24.7 Å². The van der Waals surface area contributed by atoms with Crippen LogP contribution >= 0.6 is 0 Å². The number of ether oxygens (including phenoxy) is 2. The lowest BCUT2D eigenvalue weighted by molar-refractivity contribution is -0.135. The Morgan fingerprint density at radius 1 is 0.652 bits per heavy atom. The van der Waals surface area contributed by atoms with Crippen LogP contribution in [0.15, 0.2) is 66.9 Å². The largest absolute Gasteiger partial charge is 0.483 e. The number of hydrogen-bond donors (Lipinski definition) is 1. The van der Waals surface area contributed by atoms with Gasteiger partial charge in [-0.25, -0.2) is 4.79 Å². The number of carbonyl (C=O) groups excluding carboxylic acids is 3. The Kier molecular flexibility index (Phi) is 16.4. The van der Waals surface area contributed by atoms with E-state index in [1.165, 1.54) is 6.07 Å². The number of carbonyl (C=O) groups is 4. The van der Waals surface area contributed by atoms with Crippen molar-refractivity contribution in [2.45, 2.75) is 81.2 Å². The summed E-state index contributed by atoms with van der Waals surface area (Å²) in [6.45, 7) is 26.3. The van der Waals surface area contributed by atoms with Crippen LogP contribution in [0.3, 0.4) is 0 Å². The minimum Gasteiger partial charge on any atom is -0.483 e. The Hall–Kier alpha value is -5.73. The molecular weight excluding hydrogens is 835 g/mol. The van der Waals surface area contributed by atoms with Crippen LogP contribution in [-0.2, 0) is 29.6 Å². The quantitative estimate of drug-likeness (QED) is 0.157. The zero-order chi connectivity index (χ0) is 47.8. The number of aromatic carboxylic acids is 1. The Morgan fingerprint density at radius 2 is 1.14 bits per heavy atom. The molecular formula is C52H71N7O7. The number of carboxylic acid groups (broad SMARTS) is 1. The molecule has 2 saturated heterocycles. The van der Waals surface area contributed by atoms with Crippen LogP contribution in [0.1, 0.15) is 103 Å². The van der Waals surface area contributed by atoms with E-state index < -0.39 is 5.97 Å². The second-order valence-corrected chi connectivity index (χ2v) is 20.3. The zero-order valence-electron chi connectivity index (χ0n) is 40.7. The van der Waals surface area contributed by atoms with Gasteiger partial charge in [0.15, 0.2) is 13.2 Å². The third-order valence-corrected chi connectivity index (χ3v) is 12.7. The van der Waals surface area contributed by atoms with Crippen molar-refractivity contribution in [2.24, 2.45) is 17.9 Å². The van der Waals surface area contributed by atoms with Crippen LogP contribution in [0.4, 0.5) is 5.69 Å². The molecule has 3 aromatic carbocycles. The molecule has 4 heterocycles. The number of hydrogen-bond acceptors (Lipinski definition) is 9. The van der Waals surface area contributed by atoms with E-state index in [4.69, 9.17) is 14.6 Å². The van der Waals surface area contributed by atoms with Gasteiger partial charge in [0.2, 0.25) is 0 Å². The normalized spacial score (nSPS) is 15.8. The number of aromatic nitrogens is 2. The first kappa shape index (κ1) is 49.7. The van der Waals surface area contributed by atoms with Crippen molar-refractivity contribution < 1.29 is 33.8 Å². The summed E-state index contributed by atoms with van der Waals surface area (Å²) in [5.41, 5.74) is 7.19. The molecule has 66 heavy (non-hydrogen) atoms. The van der Waals surface area contributed by atoms with Gasteiger partial charge >= 0.3 is 5.97 Å². The molecule has 7 rings (SSSR count). The molecule has 1 N–H and O–H groups in total. The molecule has 356 valence electrons. The SMILES string of the molecule is Cc1cc(C(=O)N2Cc3cnn(C)c3Cc3ccccc32)ccc1OCC(=O)N1CCN(CCC(C)(C)C)CC1.Cc1cc(C(=O)O)ccc1OCC(=O)N1CCN(CCC(C)(C)C)CC1. The maximum atomic E-state index is 13.8. The average Bonchev–Trinajstić information content (AvgIpc) is 3.52. The average molecular weight is 906 g/mol. The molecule has 1 aromatic heterocycles. The van der Waals surface area contributed by atoms with Crippen LogP contribution < -0.4 is 14.4 Å². The molecule has 2 fully saturated rings. The second-order valence-electron chi connectivity index (χ2n) is 20.3. The number of rotatable bonds is 12. The summed E-state index contributed by atoms with van der Waals surface area (Å²) in [6, 6.07) is 18.2. The minimum atomic E-state index is -0.972. The lowest BCUT2D eigenvalue weighted by Crippen LogP contribution is -2.50. The highest BCUT2D eigenvalue weighted by Gasteiger charge is 2.28. The molecule has 0 atom stereocenters. The number of benzene rings is 3. The number of carboxylic acids is 1. The Balaban J connectivity index is 0.000000240. The fourth-order valence-electron chi connectivity index (χ4n) is 8.34. The molecule has 0 aliphatic carbocycles. The zero-order valence-corrected chi connectivity index (χ0v) is 40.7. The molecule has 14 nitrogen and oxygen atoms in total. The van der Waals surface area contributed by atoms with Gasteiger partial charge in [-0.05, 0) is 110 Å². The predicted octanol–water partition coefficient (Wildman–Crippen LogP) is 7.09. The molecule has 0 saturated carbocycles. The monoisotopic (exact) mass is 906 g/mol. The first-order valence-corrected chi connectivity index (χ1v) is 23.3. The van der Waals surface area contributed by atoms with Crippen molar-refractivity contribution in [3.8, 4) is 11.5 Å². The van der Waals surface area contributed by atoms with Gasteiger partial charge in [-0.3, -0.25) is 28.9 Å². The maximum Gasteiger partial charge on any atom is 0.335 e. The van der Waals surface area contributed by atoms with Crippen molar-refractivity contribution in [3.05, 3.63) is 106 Å². The summed E-state index contributed by atoms with van der Waals surface area (Å²) in [4.78, 5) is 60.4. The molecule has 0 radical (unpaired) electrons. The van der Waals surface area contributed by atoms with Crippen LogP contribution in [0.25, 0.3) is 0 Å². The summed E-state index contributed by atoms with van der Waals surface area (Å²) in [7, 11) is 1.94. The van der Waals surface area contributed by atoms with Gasteiger partial charge < -0.3 is 29.3 Å². The van der Waals surface area contributed by atoms with Crippen LogP contribution in [0.2, 0.25) is 0 Å². The van der Waals surface area contributed by atoms with Crippen molar-refractivity contribution in [1.82, 2.24) is 29.4 Å². The van der Waals surface area contributed by atoms with Gasteiger partial charge in [0.05, 0.1) is 18.3 Å². The van der Waals surface area contributed by atoms with E-state index in [9.17, 15) is 19.2 Å². The second kappa shape index (κ2) is 21.7. The van der Waals surface area contributed by atoms with E-state index in [1.807, 2.05) is 63.8 Å². The van der Waals surface area contributed by atoms with E-state index in [0.29, 0.717) is 40.0 Å². The molecule has 3 aliphatic heterocycles. The fraction of sp³-hybridized carbons (Fsp3) is 0.519. The number of amides is 3. The summed E-state index contributed by atoms with van der Waals surface area (Å²) >= 11 is 0. The van der Waals surface area contributed by atoms with Gasteiger partial charge in [-0.1, -0.05) is 59.7 Å². The third-order valence-electron chi connectivity index (χ3n) is 12.7. The fourth-order valence-corrected chi connectivity index (χ4v) is 8.34. The highest BCUT2D eigenvalue weighted by atomic mass is 16.5. The first-order chi connectivity index (χ1) is 31.2. The highest BCUT2D eigenvalue weighted by molar-refractivity contribution is 6.07. The highest BCUT2D eigenvalue weighted by Crippen LogP contribution is 2.32. The lowest BCUT2D eigenvalue weighted by atomic mass is 9.92. The molecule has 0 bridgehead atoms. The molecule has 4 aromatic rings. The Morgan fingerprint density at radius 3 is 1.62 bits per heavy atom.